The standard InChI is InChI=1S/C25H20N4O7/c1-15(23(30)26-20-14-17(29(33)34)12-13-21(20)35-2)36-25(32)22-18-10-6-7-11-19(18)24(31)28(27-22)16-8-4-3-5-9-16/h3-15H,1-2H3,(H,26,30)/t15-/m1/s1. The first-order valence-electron chi connectivity index (χ1n) is 10.7. The van der Waals surface area contributed by atoms with Gasteiger partial charge in [-0.2, -0.15) is 9.78 Å². The average molecular weight is 488 g/mol. The van der Waals surface area contributed by atoms with E-state index in [0.29, 0.717) is 5.69 Å². The van der Waals surface area contributed by atoms with E-state index in [1.807, 2.05) is 0 Å². The van der Waals surface area contributed by atoms with Gasteiger partial charge in [0.1, 0.15) is 5.75 Å². The number of para-hydroxylation sites is 1. The Morgan fingerprint density at radius 3 is 2.36 bits per heavy atom. The largest absolute Gasteiger partial charge is 0.495 e. The number of hydrogen-bond acceptors (Lipinski definition) is 8. The summed E-state index contributed by atoms with van der Waals surface area (Å²) in [5, 5.41) is 18.3. The number of anilines is 1. The predicted molar refractivity (Wildman–Crippen MR) is 130 cm³/mol. The van der Waals surface area contributed by atoms with Crippen molar-refractivity contribution in [3.63, 3.8) is 0 Å². The molecule has 11 nitrogen and oxygen atoms in total. The van der Waals surface area contributed by atoms with Gasteiger partial charge >= 0.3 is 5.97 Å². The van der Waals surface area contributed by atoms with Gasteiger partial charge in [0.05, 0.1) is 28.8 Å². The normalized spacial score (nSPS) is 11.5. The number of fused-ring (bicyclic) bond motifs is 1. The number of nitrogens with zero attached hydrogens (tertiary/aromatic N) is 3. The number of nitrogens with one attached hydrogen (secondary N) is 1. The molecule has 0 unspecified atom stereocenters. The molecule has 182 valence electrons. The molecule has 0 fully saturated rings. The third-order valence-electron chi connectivity index (χ3n) is 5.30. The summed E-state index contributed by atoms with van der Waals surface area (Å²) in [5.74, 6) is -1.48. The predicted octanol–water partition coefficient (Wildman–Crippen LogP) is 3.49. The summed E-state index contributed by atoms with van der Waals surface area (Å²) in [4.78, 5) is 49.3. The lowest BCUT2D eigenvalue weighted by molar-refractivity contribution is -0.384. The maximum Gasteiger partial charge on any atom is 0.360 e. The van der Waals surface area contributed by atoms with E-state index < -0.39 is 28.5 Å². The van der Waals surface area contributed by atoms with E-state index in [9.17, 15) is 24.5 Å². The number of carbonyl (C=O) groups excluding carboxylic acids is 2. The van der Waals surface area contributed by atoms with Crippen molar-refractivity contribution in [1.29, 1.82) is 0 Å². The van der Waals surface area contributed by atoms with Crippen LogP contribution in [0.4, 0.5) is 11.4 Å². The topological polar surface area (TPSA) is 143 Å². The summed E-state index contributed by atoms with van der Waals surface area (Å²) in [6.45, 7) is 1.34. The minimum absolute atomic E-state index is 0.0424. The van der Waals surface area contributed by atoms with Gasteiger partial charge < -0.3 is 14.8 Å². The molecule has 11 heteroatoms. The minimum atomic E-state index is -1.31. The summed E-state index contributed by atoms with van der Waals surface area (Å²) < 4.78 is 11.6. The van der Waals surface area contributed by atoms with Gasteiger partial charge in [0.25, 0.3) is 17.2 Å². The lowest BCUT2D eigenvalue weighted by atomic mass is 10.1. The Kier molecular flexibility index (Phi) is 6.72. The molecule has 0 aliphatic carbocycles. The van der Waals surface area contributed by atoms with Crippen molar-refractivity contribution in [3.8, 4) is 11.4 Å². The van der Waals surface area contributed by atoms with Gasteiger partial charge in [0.2, 0.25) is 0 Å². The number of carbonyl (C=O) groups is 2. The number of esters is 1. The summed E-state index contributed by atoms with van der Waals surface area (Å²) in [6.07, 6.45) is -1.31. The van der Waals surface area contributed by atoms with Gasteiger partial charge in [0, 0.05) is 17.5 Å². The number of benzene rings is 3. The van der Waals surface area contributed by atoms with E-state index in [0.717, 1.165) is 10.7 Å². The van der Waals surface area contributed by atoms with Crippen LogP contribution in [-0.2, 0) is 9.53 Å². The fourth-order valence-electron chi connectivity index (χ4n) is 3.50. The monoisotopic (exact) mass is 488 g/mol. The lowest BCUT2D eigenvalue weighted by Gasteiger charge is -2.16. The van der Waals surface area contributed by atoms with Crippen LogP contribution in [0, 0.1) is 10.1 Å². The van der Waals surface area contributed by atoms with Crippen molar-refractivity contribution in [2.75, 3.05) is 12.4 Å². The molecule has 1 atom stereocenters. The molecule has 0 spiro atoms. The number of nitro benzene ring substituents is 1. The second-order valence-electron chi connectivity index (χ2n) is 7.63. The Bertz CT molecular complexity index is 1530. The summed E-state index contributed by atoms with van der Waals surface area (Å²) in [5.41, 5.74) is -0.334. The van der Waals surface area contributed by atoms with E-state index in [1.54, 1.807) is 54.6 Å². The van der Waals surface area contributed by atoms with E-state index >= 15 is 0 Å². The van der Waals surface area contributed by atoms with Crippen LogP contribution in [0.3, 0.4) is 0 Å². The molecule has 0 bridgehead atoms. The Labute approximate surface area is 204 Å². The molecule has 1 heterocycles. The van der Waals surface area contributed by atoms with Gasteiger partial charge in [-0.1, -0.05) is 36.4 Å². The van der Waals surface area contributed by atoms with Crippen LogP contribution in [0.25, 0.3) is 16.5 Å². The second kappa shape index (κ2) is 10.1. The first kappa shape index (κ1) is 24.1. The third-order valence-corrected chi connectivity index (χ3v) is 5.30. The van der Waals surface area contributed by atoms with Crippen molar-refractivity contribution in [3.05, 3.63) is 99.0 Å². The van der Waals surface area contributed by atoms with Gasteiger partial charge in [-0.15, -0.1) is 0 Å². The number of aromatic nitrogens is 2. The van der Waals surface area contributed by atoms with Crippen molar-refractivity contribution in [1.82, 2.24) is 9.78 Å². The summed E-state index contributed by atoms with van der Waals surface area (Å²) >= 11 is 0. The van der Waals surface area contributed by atoms with E-state index in [2.05, 4.69) is 10.4 Å². The molecule has 4 aromatic rings. The van der Waals surface area contributed by atoms with Gasteiger partial charge in [-0.3, -0.25) is 19.7 Å². The van der Waals surface area contributed by atoms with Crippen LogP contribution in [0.2, 0.25) is 0 Å². The molecule has 0 aliphatic heterocycles. The average Bonchev–Trinajstić information content (AvgIpc) is 2.89. The molecule has 1 N–H and O–H groups in total. The highest BCUT2D eigenvalue weighted by atomic mass is 16.6. The van der Waals surface area contributed by atoms with Crippen LogP contribution < -0.4 is 15.6 Å². The van der Waals surface area contributed by atoms with Crippen molar-refractivity contribution >= 4 is 34.0 Å². The molecule has 3 aromatic carbocycles. The SMILES string of the molecule is COc1ccc([N+](=O)[O-])cc1NC(=O)[C@@H](C)OC(=O)c1nn(-c2ccccc2)c(=O)c2ccccc12. The molecule has 1 amide bonds. The fourth-order valence-corrected chi connectivity index (χ4v) is 3.50. The number of hydrogen-bond donors (Lipinski definition) is 1. The molecule has 36 heavy (non-hydrogen) atoms. The van der Waals surface area contributed by atoms with Crippen LogP contribution in [-0.4, -0.2) is 39.8 Å². The van der Waals surface area contributed by atoms with Gasteiger partial charge in [0.15, 0.2) is 11.8 Å². The first-order valence-corrected chi connectivity index (χ1v) is 10.7. The first-order chi connectivity index (χ1) is 17.3. The maximum atomic E-state index is 13.1. The molecular weight excluding hydrogens is 468 g/mol. The maximum absolute atomic E-state index is 13.1. The summed E-state index contributed by atoms with van der Waals surface area (Å²) in [7, 11) is 1.35. The lowest BCUT2D eigenvalue weighted by Crippen LogP contribution is -2.31. The number of methoxy groups -OCH3 is 1. The highest BCUT2D eigenvalue weighted by molar-refractivity contribution is 6.04. The van der Waals surface area contributed by atoms with Crippen molar-refractivity contribution < 1.29 is 24.0 Å². The number of ether oxygens (including phenoxy) is 2. The van der Waals surface area contributed by atoms with Crippen LogP contribution in [0.15, 0.2) is 77.6 Å². The number of non-ortho nitro benzene ring substituents is 1. The second-order valence-corrected chi connectivity index (χ2v) is 7.63. The highest BCUT2D eigenvalue weighted by Crippen LogP contribution is 2.29. The third kappa shape index (κ3) is 4.75. The Hall–Kier alpha value is -5.06. The molecule has 0 aliphatic rings. The minimum Gasteiger partial charge on any atom is -0.495 e. The molecule has 4 rings (SSSR count). The number of rotatable bonds is 7. The van der Waals surface area contributed by atoms with Gasteiger partial charge in [-0.25, -0.2) is 4.79 Å². The molecule has 0 radical (unpaired) electrons. The zero-order valence-electron chi connectivity index (χ0n) is 19.2. The van der Waals surface area contributed by atoms with Crippen LogP contribution >= 0.6 is 0 Å². The molecule has 1 aromatic heterocycles. The molecule has 0 saturated heterocycles. The zero-order chi connectivity index (χ0) is 25.8. The van der Waals surface area contributed by atoms with Crippen LogP contribution in [0.1, 0.15) is 17.4 Å². The van der Waals surface area contributed by atoms with Crippen molar-refractivity contribution in [2.24, 2.45) is 0 Å². The Morgan fingerprint density at radius 2 is 1.69 bits per heavy atom. The quantitative estimate of drug-likeness (QED) is 0.237. The van der Waals surface area contributed by atoms with E-state index in [4.69, 9.17) is 9.47 Å². The smallest absolute Gasteiger partial charge is 0.360 e. The highest BCUT2D eigenvalue weighted by Gasteiger charge is 2.25. The Morgan fingerprint density at radius 1 is 1.03 bits per heavy atom. The van der Waals surface area contributed by atoms with Crippen molar-refractivity contribution in [2.45, 2.75) is 13.0 Å². The number of nitro groups is 1. The van der Waals surface area contributed by atoms with Crippen LogP contribution in [0.5, 0.6) is 5.75 Å². The molecule has 0 saturated carbocycles. The number of amides is 1. The van der Waals surface area contributed by atoms with Gasteiger partial charge in [-0.05, 0) is 31.2 Å². The fraction of sp³-hybridized carbons (Fsp3) is 0.120. The summed E-state index contributed by atoms with van der Waals surface area (Å²) in [6, 6.07) is 18.7. The van der Waals surface area contributed by atoms with E-state index in [1.165, 1.54) is 26.2 Å². The van der Waals surface area contributed by atoms with E-state index in [-0.39, 0.29) is 33.6 Å². The zero-order valence-corrected chi connectivity index (χ0v) is 19.2. The Balaban J connectivity index is 1.63. The molecular formula is C25H20N4O7.